The van der Waals surface area contributed by atoms with Gasteiger partial charge in [0, 0.05) is 24.3 Å². The summed E-state index contributed by atoms with van der Waals surface area (Å²) in [6.07, 6.45) is 2.04. The lowest BCUT2D eigenvalue weighted by molar-refractivity contribution is -0.121. The normalized spacial score (nSPS) is 10.5. The first-order valence-electron chi connectivity index (χ1n) is 7.41. The number of carbonyl (C=O) groups excluding carboxylic acids is 1. The summed E-state index contributed by atoms with van der Waals surface area (Å²) in [6.45, 7) is 4.74. The van der Waals surface area contributed by atoms with E-state index in [1.807, 2.05) is 31.2 Å². The van der Waals surface area contributed by atoms with Crippen molar-refractivity contribution in [1.82, 2.24) is 10.3 Å². The van der Waals surface area contributed by atoms with Crippen LogP contribution in [0.3, 0.4) is 0 Å². The fourth-order valence-electron chi connectivity index (χ4n) is 2.09. The summed E-state index contributed by atoms with van der Waals surface area (Å²) >= 11 is 1.71. The van der Waals surface area contributed by atoms with Gasteiger partial charge in [-0.3, -0.25) is 4.79 Å². The van der Waals surface area contributed by atoms with Crippen LogP contribution in [0.15, 0.2) is 24.3 Å². The van der Waals surface area contributed by atoms with Crippen molar-refractivity contribution in [2.75, 3.05) is 13.7 Å². The number of aryl methyl sites for hydroxylation is 3. The van der Waals surface area contributed by atoms with E-state index in [4.69, 9.17) is 4.74 Å². The molecule has 0 atom stereocenters. The van der Waals surface area contributed by atoms with Crippen LogP contribution in [0.25, 0.3) is 0 Å². The minimum absolute atomic E-state index is 0.0841. The van der Waals surface area contributed by atoms with E-state index in [1.165, 1.54) is 4.88 Å². The number of aromatic nitrogens is 1. The molecule has 0 saturated heterocycles. The van der Waals surface area contributed by atoms with Gasteiger partial charge in [-0.15, -0.1) is 11.3 Å². The zero-order chi connectivity index (χ0) is 15.9. The van der Waals surface area contributed by atoms with Crippen LogP contribution in [0.1, 0.15) is 27.6 Å². The average Bonchev–Trinajstić information content (AvgIpc) is 2.84. The van der Waals surface area contributed by atoms with Gasteiger partial charge >= 0.3 is 0 Å². The molecule has 118 valence electrons. The molecule has 0 unspecified atom stereocenters. The number of benzene rings is 1. The van der Waals surface area contributed by atoms with E-state index >= 15 is 0 Å². The van der Waals surface area contributed by atoms with Gasteiger partial charge in [-0.05, 0) is 38.0 Å². The summed E-state index contributed by atoms with van der Waals surface area (Å²) in [6, 6.07) is 7.82. The number of amides is 1. The van der Waals surface area contributed by atoms with Crippen molar-refractivity contribution < 1.29 is 9.53 Å². The van der Waals surface area contributed by atoms with Gasteiger partial charge < -0.3 is 10.1 Å². The summed E-state index contributed by atoms with van der Waals surface area (Å²) in [5.74, 6) is 0.919. The van der Waals surface area contributed by atoms with Gasteiger partial charge in [-0.1, -0.05) is 12.1 Å². The Labute approximate surface area is 135 Å². The van der Waals surface area contributed by atoms with E-state index < -0.39 is 0 Å². The molecule has 2 rings (SSSR count). The van der Waals surface area contributed by atoms with E-state index in [0.717, 1.165) is 34.9 Å². The van der Waals surface area contributed by atoms with E-state index in [0.29, 0.717) is 13.0 Å². The highest BCUT2D eigenvalue weighted by Crippen LogP contribution is 2.16. The molecule has 1 amide bonds. The lowest BCUT2D eigenvalue weighted by Gasteiger charge is -2.05. The minimum Gasteiger partial charge on any atom is -0.497 e. The third-order valence-corrected chi connectivity index (χ3v) is 4.67. The zero-order valence-corrected chi connectivity index (χ0v) is 14.1. The third-order valence-electron chi connectivity index (χ3n) is 3.53. The maximum atomic E-state index is 11.8. The number of hydrogen-bond acceptors (Lipinski definition) is 4. The van der Waals surface area contributed by atoms with E-state index in [9.17, 15) is 4.79 Å². The Kier molecular flexibility index (Phi) is 5.95. The number of ether oxygens (including phenoxy) is 1. The van der Waals surface area contributed by atoms with Gasteiger partial charge in [-0.2, -0.15) is 0 Å². The van der Waals surface area contributed by atoms with Crippen LogP contribution < -0.4 is 10.1 Å². The smallest absolute Gasteiger partial charge is 0.220 e. The summed E-state index contributed by atoms with van der Waals surface area (Å²) in [5, 5.41) is 4.04. The monoisotopic (exact) mass is 318 g/mol. The first kappa shape index (κ1) is 16.5. The molecule has 1 N–H and O–H groups in total. The summed E-state index contributed by atoms with van der Waals surface area (Å²) in [7, 11) is 1.65. The minimum atomic E-state index is 0.0841. The van der Waals surface area contributed by atoms with Crippen LogP contribution in [-0.2, 0) is 17.6 Å². The van der Waals surface area contributed by atoms with Crippen molar-refractivity contribution in [3.63, 3.8) is 0 Å². The van der Waals surface area contributed by atoms with Gasteiger partial charge in [0.1, 0.15) is 5.75 Å². The van der Waals surface area contributed by atoms with Gasteiger partial charge in [0.15, 0.2) is 0 Å². The molecular weight excluding hydrogens is 296 g/mol. The van der Waals surface area contributed by atoms with Crippen molar-refractivity contribution in [2.24, 2.45) is 0 Å². The Morgan fingerprint density at radius 2 is 1.95 bits per heavy atom. The topological polar surface area (TPSA) is 51.2 Å². The highest BCUT2D eigenvalue weighted by molar-refractivity contribution is 7.11. The van der Waals surface area contributed by atoms with Crippen LogP contribution in [0.4, 0.5) is 0 Å². The number of nitrogens with zero attached hydrogens (tertiary/aromatic N) is 1. The molecule has 1 heterocycles. The molecule has 0 spiro atoms. The predicted octanol–water partition coefficient (Wildman–Crippen LogP) is 3.06. The second-order valence-corrected chi connectivity index (χ2v) is 6.48. The Hall–Kier alpha value is -1.88. The van der Waals surface area contributed by atoms with Crippen molar-refractivity contribution >= 4 is 17.2 Å². The molecule has 2 aromatic rings. The molecular formula is C17H22N2O2S. The van der Waals surface area contributed by atoms with Crippen LogP contribution in [-0.4, -0.2) is 24.5 Å². The first-order chi connectivity index (χ1) is 10.6. The van der Waals surface area contributed by atoms with Crippen LogP contribution >= 0.6 is 11.3 Å². The molecule has 0 bridgehead atoms. The Morgan fingerprint density at radius 1 is 1.23 bits per heavy atom. The average molecular weight is 318 g/mol. The highest BCUT2D eigenvalue weighted by Gasteiger charge is 2.05. The van der Waals surface area contributed by atoms with Crippen molar-refractivity contribution in [1.29, 1.82) is 0 Å². The molecule has 0 fully saturated rings. The second-order valence-electron chi connectivity index (χ2n) is 5.20. The predicted molar refractivity (Wildman–Crippen MR) is 89.6 cm³/mol. The van der Waals surface area contributed by atoms with Crippen molar-refractivity contribution in [3.05, 3.63) is 45.4 Å². The van der Waals surface area contributed by atoms with Crippen LogP contribution in [0.5, 0.6) is 5.75 Å². The zero-order valence-electron chi connectivity index (χ0n) is 13.3. The number of hydrogen-bond donors (Lipinski definition) is 1. The van der Waals surface area contributed by atoms with Gasteiger partial charge in [0.2, 0.25) is 5.91 Å². The number of nitrogens with one attached hydrogen (secondary N) is 1. The third kappa shape index (κ3) is 4.84. The maximum Gasteiger partial charge on any atom is 0.220 e. The lowest BCUT2D eigenvalue weighted by Crippen LogP contribution is -2.25. The largest absolute Gasteiger partial charge is 0.497 e. The molecule has 0 radical (unpaired) electrons. The SMILES string of the molecule is COc1ccc(CCC(=O)NCCc2nc(C)c(C)s2)cc1. The van der Waals surface area contributed by atoms with E-state index in [2.05, 4.69) is 17.2 Å². The molecule has 0 aliphatic carbocycles. The molecule has 0 saturated carbocycles. The molecule has 1 aromatic carbocycles. The van der Waals surface area contributed by atoms with Gasteiger partial charge in [0.05, 0.1) is 17.8 Å². The van der Waals surface area contributed by atoms with E-state index in [1.54, 1.807) is 18.4 Å². The molecule has 0 aliphatic rings. The standard InChI is InChI=1S/C17H22N2O2S/c1-12-13(2)22-17(19-12)10-11-18-16(20)9-6-14-4-7-15(21-3)8-5-14/h4-5,7-8H,6,9-11H2,1-3H3,(H,18,20). The number of methoxy groups -OCH3 is 1. The van der Waals surface area contributed by atoms with Gasteiger partial charge in [0.25, 0.3) is 0 Å². The van der Waals surface area contributed by atoms with Crippen molar-refractivity contribution in [3.8, 4) is 5.75 Å². The lowest BCUT2D eigenvalue weighted by atomic mass is 10.1. The molecule has 4 nitrogen and oxygen atoms in total. The Morgan fingerprint density at radius 3 is 2.55 bits per heavy atom. The number of rotatable bonds is 7. The number of thiazole rings is 1. The number of carbonyl (C=O) groups is 1. The van der Waals surface area contributed by atoms with Gasteiger partial charge in [-0.25, -0.2) is 4.98 Å². The Balaban J connectivity index is 1.69. The van der Waals surface area contributed by atoms with Crippen molar-refractivity contribution in [2.45, 2.75) is 33.1 Å². The molecule has 22 heavy (non-hydrogen) atoms. The Bertz CT molecular complexity index is 601. The molecule has 5 heteroatoms. The second kappa shape index (κ2) is 7.94. The van der Waals surface area contributed by atoms with Crippen LogP contribution in [0.2, 0.25) is 0 Å². The van der Waals surface area contributed by atoms with Crippen LogP contribution in [0, 0.1) is 13.8 Å². The maximum absolute atomic E-state index is 11.8. The fraction of sp³-hybridized carbons (Fsp3) is 0.412. The quantitative estimate of drug-likeness (QED) is 0.853. The summed E-state index contributed by atoms with van der Waals surface area (Å²) < 4.78 is 5.12. The first-order valence-corrected chi connectivity index (χ1v) is 8.22. The van der Waals surface area contributed by atoms with E-state index in [-0.39, 0.29) is 5.91 Å². The molecule has 1 aromatic heterocycles. The molecule has 0 aliphatic heterocycles. The summed E-state index contributed by atoms with van der Waals surface area (Å²) in [5.41, 5.74) is 2.23. The highest BCUT2D eigenvalue weighted by atomic mass is 32.1. The summed E-state index contributed by atoms with van der Waals surface area (Å²) in [4.78, 5) is 17.6. The fourth-order valence-corrected chi connectivity index (χ4v) is 3.03.